The van der Waals surface area contributed by atoms with E-state index in [0.717, 1.165) is 39.3 Å². The van der Waals surface area contributed by atoms with Crippen molar-refractivity contribution in [1.29, 1.82) is 0 Å². The van der Waals surface area contributed by atoms with E-state index in [1.54, 1.807) is 13.3 Å². The fraction of sp³-hybridized carbons (Fsp3) is 0.0909. The minimum absolute atomic E-state index is 0.822. The van der Waals surface area contributed by atoms with Crippen molar-refractivity contribution in [3.63, 3.8) is 0 Å². The van der Waals surface area contributed by atoms with Crippen molar-refractivity contribution in [1.82, 2.24) is 14.8 Å². The van der Waals surface area contributed by atoms with Gasteiger partial charge in [-0.2, -0.15) is 5.10 Å². The summed E-state index contributed by atoms with van der Waals surface area (Å²) >= 11 is 0. The zero-order valence-corrected chi connectivity index (χ0v) is 14.6. The second-order valence-corrected chi connectivity index (χ2v) is 5.91. The van der Waals surface area contributed by atoms with E-state index >= 15 is 0 Å². The molecule has 2 aromatic carbocycles. The monoisotopic (exact) mass is 339 g/mol. The van der Waals surface area contributed by atoms with Crippen LogP contribution < -0.4 is 4.74 Å². The maximum absolute atomic E-state index is 5.16. The molecule has 0 radical (unpaired) electrons. The van der Waals surface area contributed by atoms with Crippen LogP contribution in [0.15, 0.2) is 66.9 Å². The molecular formula is C22H17N3O. The molecule has 0 atom stereocenters. The summed E-state index contributed by atoms with van der Waals surface area (Å²) < 4.78 is 7.03. The van der Waals surface area contributed by atoms with Crippen LogP contribution in [0.1, 0.15) is 16.8 Å². The van der Waals surface area contributed by atoms with E-state index in [1.165, 1.54) is 0 Å². The zero-order chi connectivity index (χ0) is 17.9. The molecule has 0 saturated heterocycles. The first-order chi connectivity index (χ1) is 12.7. The van der Waals surface area contributed by atoms with Gasteiger partial charge in [0.2, 0.25) is 0 Å². The summed E-state index contributed by atoms with van der Waals surface area (Å²) in [4.78, 5) is 4.60. The van der Waals surface area contributed by atoms with E-state index in [9.17, 15) is 0 Å². The lowest BCUT2D eigenvalue weighted by Crippen LogP contribution is -1.97. The maximum Gasteiger partial charge on any atom is 0.163 e. The number of pyridine rings is 1. The van der Waals surface area contributed by atoms with Gasteiger partial charge in [0.15, 0.2) is 5.65 Å². The Morgan fingerprint density at radius 2 is 1.65 bits per heavy atom. The van der Waals surface area contributed by atoms with Gasteiger partial charge in [0.1, 0.15) is 5.75 Å². The smallest absolute Gasteiger partial charge is 0.163 e. The van der Waals surface area contributed by atoms with Crippen LogP contribution in [0.2, 0.25) is 0 Å². The molecule has 0 bridgehead atoms. The molecule has 0 aliphatic heterocycles. The number of methoxy groups -OCH3 is 1. The van der Waals surface area contributed by atoms with Crippen molar-refractivity contribution in [2.24, 2.45) is 0 Å². The average Bonchev–Trinajstić information content (AvgIpc) is 3.03. The van der Waals surface area contributed by atoms with Gasteiger partial charge in [-0.25, -0.2) is 9.67 Å². The largest absolute Gasteiger partial charge is 0.497 e. The van der Waals surface area contributed by atoms with Crippen LogP contribution in [0.4, 0.5) is 0 Å². The summed E-state index contributed by atoms with van der Waals surface area (Å²) in [6.07, 6.45) is 1.79. The van der Waals surface area contributed by atoms with Gasteiger partial charge in [-0.1, -0.05) is 30.0 Å². The Morgan fingerprint density at radius 3 is 2.38 bits per heavy atom. The third kappa shape index (κ3) is 3.03. The van der Waals surface area contributed by atoms with E-state index < -0.39 is 0 Å². The molecule has 4 heteroatoms. The Labute approximate surface area is 152 Å². The molecular weight excluding hydrogens is 322 g/mol. The lowest BCUT2D eigenvalue weighted by molar-refractivity contribution is 0.415. The number of para-hydroxylation sites is 1. The lowest BCUT2D eigenvalue weighted by atomic mass is 10.1. The molecule has 0 saturated carbocycles. The van der Waals surface area contributed by atoms with Gasteiger partial charge >= 0.3 is 0 Å². The molecule has 4 rings (SSSR count). The highest BCUT2D eigenvalue weighted by molar-refractivity contribution is 5.81. The molecule has 4 aromatic rings. The summed E-state index contributed by atoms with van der Waals surface area (Å²) in [6.45, 7) is 1.99. The van der Waals surface area contributed by atoms with Crippen molar-refractivity contribution in [2.75, 3.05) is 7.11 Å². The van der Waals surface area contributed by atoms with Crippen molar-refractivity contribution in [3.05, 3.63) is 83.7 Å². The normalized spacial score (nSPS) is 10.4. The van der Waals surface area contributed by atoms with E-state index in [1.807, 2.05) is 72.3 Å². The second kappa shape index (κ2) is 6.73. The quantitative estimate of drug-likeness (QED) is 0.515. The maximum atomic E-state index is 5.16. The predicted molar refractivity (Wildman–Crippen MR) is 103 cm³/mol. The van der Waals surface area contributed by atoms with Gasteiger partial charge in [-0.05, 0) is 49.4 Å². The Morgan fingerprint density at radius 1 is 0.923 bits per heavy atom. The Kier molecular flexibility index (Phi) is 4.12. The van der Waals surface area contributed by atoms with Gasteiger partial charge in [0, 0.05) is 22.7 Å². The van der Waals surface area contributed by atoms with E-state index in [-0.39, 0.29) is 0 Å². The summed E-state index contributed by atoms with van der Waals surface area (Å²) in [5.74, 6) is 7.16. The minimum atomic E-state index is 0.822. The fourth-order valence-corrected chi connectivity index (χ4v) is 2.78. The van der Waals surface area contributed by atoms with Crippen molar-refractivity contribution >= 4 is 11.0 Å². The van der Waals surface area contributed by atoms with Crippen LogP contribution in [0.5, 0.6) is 5.75 Å². The van der Waals surface area contributed by atoms with Crippen LogP contribution in [0, 0.1) is 18.8 Å². The second-order valence-electron chi connectivity index (χ2n) is 5.91. The van der Waals surface area contributed by atoms with Crippen LogP contribution in [-0.2, 0) is 0 Å². The molecule has 0 amide bonds. The zero-order valence-electron chi connectivity index (χ0n) is 14.6. The minimum Gasteiger partial charge on any atom is -0.497 e. The number of benzene rings is 2. The number of aryl methyl sites for hydroxylation is 1. The first kappa shape index (κ1) is 15.9. The van der Waals surface area contributed by atoms with Gasteiger partial charge in [0.25, 0.3) is 0 Å². The van der Waals surface area contributed by atoms with Crippen molar-refractivity contribution < 1.29 is 4.74 Å². The Balaban J connectivity index is 1.71. The molecule has 26 heavy (non-hydrogen) atoms. The molecule has 126 valence electrons. The van der Waals surface area contributed by atoms with Gasteiger partial charge in [0.05, 0.1) is 18.5 Å². The Hall–Kier alpha value is -3.58. The summed E-state index contributed by atoms with van der Waals surface area (Å²) in [5.41, 5.74) is 4.56. The van der Waals surface area contributed by atoms with E-state index in [2.05, 4.69) is 21.9 Å². The molecule has 2 aromatic heterocycles. The number of hydrogen-bond donors (Lipinski definition) is 0. The number of ether oxygens (including phenoxy) is 1. The predicted octanol–water partition coefficient (Wildman–Crippen LogP) is 4.14. The highest BCUT2D eigenvalue weighted by Crippen LogP contribution is 2.20. The molecule has 0 unspecified atom stereocenters. The number of nitrogens with zero attached hydrogens (tertiary/aromatic N) is 3. The molecule has 2 heterocycles. The van der Waals surface area contributed by atoms with Crippen molar-refractivity contribution in [2.45, 2.75) is 6.92 Å². The third-order valence-electron chi connectivity index (χ3n) is 4.15. The summed E-state index contributed by atoms with van der Waals surface area (Å²) in [6, 6.07) is 19.7. The molecule has 0 aliphatic carbocycles. The third-order valence-corrected chi connectivity index (χ3v) is 4.15. The standard InChI is InChI=1S/C22H17N3O/c1-16-21-14-18(9-8-17-10-12-20(26-2)13-11-17)15-23-22(21)25(24-16)19-6-4-3-5-7-19/h3-7,10-15H,1-2H3. The van der Waals surface area contributed by atoms with Crippen LogP contribution in [0.25, 0.3) is 16.7 Å². The molecule has 0 spiro atoms. The number of rotatable bonds is 2. The lowest BCUT2D eigenvalue weighted by Gasteiger charge is -2.01. The molecule has 4 nitrogen and oxygen atoms in total. The van der Waals surface area contributed by atoms with Crippen molar-refractivity contribution in [3.8, 4) is 23.3 Å². The number of aromatic nitrogens is 3. The summed E-state index contributed by atoms with van der Waals surface area (Å²) in [7, 11) is 1.65. The molecule has 0 N–H and O–H groups in total. The fourth-order valence-electron chi connectivity index (χ4n) is 2.78. The first-order valence-electron chi connectivity index (χ1n) is 8.31. The topological polar surface area (TPSA) is 39.9 Å². The first-order valence-corrected chi connectivity index (χ1v) is 8.31. The number of hydrogen-bond acceptors (Lipinski definition) is 3. The van der Waals surface area contributed by atoms with E-state index in [4.69, 9.17) is 4.74 Å². The van der Waals surface area contributed by atoms with Crippen LogP contribution in [-0.4, -0.2) is 21.9 Å². The van der Waals surface area contributed by atoms with Crippen LogP contribution in [0.3, 0.4) is 0 Å². The average molecular weight is 339 g/mol. The highest BCUT2D eigenvalue weighted by Gasteiger charge is 2.10. The number of fused-ring (bicyclic) bond motifs is 1. The SMILES string of the molecule is COc1ccc(C#Cc2cnc3c(c2)c(C)nn3-c2ccccc2)cc1. The molecule has 0 fully saturated rings. The highest BCUT2D eigenvalue weighted by atomic mass is 16.5. The van der Waals surface area contributed by atoms with Gasteiger partial charge < -0.3 is 4.74 Å². The van der Waals surface area contributed by atoms with E-state index in [0.29, 0.717) is 0 Å². The van der Waals surface area contributed by atoms with Gasteiger partial charge in [-0.3, -0.25) is 0 Å². The van der Waals surface area contributed by atoms with Gasteiger partial charge in [-0.15, -0.1) is 0 Å². The molecule has 0 aliphatic rings. The van der Waals surface area contributed by atoms with Crippen LogP contribution >= 0.6 is 0 Å². The Bertz CT molecular complexity index is 1120. The summed E-state index contributed by atoms with van der Waals surface area (Å²) in [5, 5.41) is 5.64.